The number of pyridine rings is 3. The number of anilines is 1. The average Bonchev–Trinajstić information content (AvgIpc) is 3.64. The van der Waals surface area contributed by atoms with Crippen molar-refractivity contribution in [2.75, 3.05) is 31.1 Å². The molecule has 0 radical (unpaired) electrons. The summed E-state index contributed by atoms with van der Waals surface area (Å²) in [6.45, 7) is 4.06. The average molecular weight is 454 g/mol. The first-order valence-corrected chi connectivity index (χ1v) is 11.8. The normalized spacial score (nSPS) is 16.8. The molecule has 8 heteroatoms. The van der Waals surface area contributed by atoms with Gasteiger partial charge in [0.05, 0.1) is 36.4 Å². The predicted molar refractivity (Wildman–Crippen MR) is 131 cm³/mol. The maximum absolute atomic E-state index is 13.1. The predicted octanol–water partition coefficient (Wildman–Crippen LogP) is 3.14. The van der Waals surface area contributed by atoms with Crippen LogP contribution >= 0.6 is 0 Å². The van der Waals surface area contributed by atoms with Crippen LogP contribution in [0.2, 0.25) is 0 Å². The van der Waals surface area contributed by atoms with Gasteiger partial charge in [-0.05, 0) is 37.1 Å². The lowest BCUT2D eigenvalue weighted by Crippen LogP contribution is -2.47. The largest absolute Gasteiger partial charge is 0.354 e. The highest BCUT2D eigenvalue weighted by atomic mass is 16.1. The van der Waals surface area contributed by atoms with Gasteiger partial charge in [0.25, 0.3) is 0 Å². The van der Waals surface area contributed by atoms with Gasteiger partial charge in [0.2, 0.25) is 0 Å². The van der Waals surface area contributed by atoms with E-state index >= 15 is 0 Å². The van der Waals surface area contributed by atoms with Gasteiger partial charge in [-0.1, -0.05) is 0 Å². The van der Waals surface area contributed by atoms with Gasteiger partial charge < -0.3 is 9.47 Å². The molecule has 0 unspecified atom stereocenters. The minimum atomic E-state index is 0.0443. The molecule has 1 aliphatic carbocycles. The number of ketones is 1. The first kappa shape index (κ1) is 20.9. The molecule has 5 heterocycles. The molecular formula is C26H27N7O. The molecule has 6 rings (SSSR count). The van der Waals surface area contributed by atoms with Crippen molar-refractivity contribution >= 4 is 22.5 Å². The molecule has 0 bridgehead atoms. The summed E-state index contributed by atoms with van der Waals surface area (Å²) in [6.07, 6.45) is 11.8. The molecule has 0 spiro atoms. The van der Waals surface area contributed by atoms with Crippen LogP contribution in [0.15, 0.2) is 55.4 Å². The van der Waals surface area contributed by atoms with Crippen molar-refractivity contribution in [2.24, 2.45) is 7.05 Å². The Labute approximate surface area is 198 Å². The van der Waals surface area contributed by atoms with Gasteiger partial charge in [-0.25, -0.2) is 9.97 Å². The molecule has 1 saturated carbocycles. The summed E-state index contributed by atoms with van der Waals surface area (Å²) in [5, 5.41) is 0.959. The van der Waals surface area contributed by atoms with Crippen LogP contribution in [-0.4, -0.2) is 67.4 Å². The topological polar surface area (TPSA) is 80.0 Å². The number of hydrogen-bond acceptors (Lipinski definition) is 7. The van der Waals surface area contributed by atoms with E-state index in [1.54, 1.807) is 24.8 Å². The van der Waals surface area contributed by atoms with E-state index in [0.29, 0.717) is 5.56 Å². The first-order valence-electron chi connectivity index (χ1n) is 11.8. The number of aryl methyl sites for hydroxylation is 1. The highest BCUT2D eigenvalue weighted by molar-refractivity contribution is 5.98. The number of Topliss-reactive ketones (excluding diaryl/α,β-unsaturated/α-hetero) is 1. The Balaban J connectivity index is 1.18. The van der Waals surface area contributed by atoms with Crippen molar-refractivity contribution < 1.29 is 4.79 Å². The molecule has 0 atom stereocenters. The fourth-order valence-corrected chi connectivity index (χ4v) is 4.74. The monoisotopic (exact) mass is 453 g/mol. The van der Waals surface area contributed by atoms with E-state index in [0.717, 1.165) is 65.9 Å². The molecule has 1 saturated heterocycles. The Morgan fingerprint density at radius 1 is 1.00 bits per heavy atom. The molecule has 172 valence electrons. The third kappa shape index (κ3) is 4.17. The van der Waals surface area contributed by atoms with E-state index in [-0.39, 0.29) is 12.2 Å². The van der Waals surface area contributed by atoms with Gasteiger partial charge >= 0.3 is 0 Å². The van der Waals surface area contributed by atoms with Crippen LogP contribution in [0.25, 0.3) is 22.2 Å². The van der Waals surface area contributed by atoms with Crippen molar-refractivity contribution in [3.63, 3.8) is 0 Å². The van der Waals surface area contributed by atoms with E-state index in [4.69, 9.17) is 0 Å². The Morgan fingerprint density at radius 2 is 1.85 bits per heavy atom. The minimum absolute atomic E-state index is 0.0443. The number of fused-ring (bicyclic) bond motifs is 1. The van der Waals surface area contributed by atoms with E-state index in [1.165, 1.54) is 12.8 Å². The second kappa shape index (κ2) is 8.61. The van der Waals surface area contributed by atoms with Crippen LogP contribution in [0, 0.1) is 0 Å². The number of piperazine rings is 1. The summed E-state index contributed by atoms with van der Waals surface area (Å²) in [5.74, 6) is 0.931. The van der Waals surface area contributed by atoms with E-state index in [9.17, 15) is 4.79 Å². The number of imidazole rings is 1. The number of carbonyl (C=O) groups excluding carboxylic acids is 1. The minimum Gasteiger partial charge on any atom is -0.354 e. The van der Waals surface area contributed by atoms with Gasteiger partial charge in [-0.2, -0.15) is 0 Å². The third-order valence-electron chi connectivity index (χ3n) is 6.85. The zero-order valence-electron chi connectivity index (χ0n) is 19.3. The molecule has 2 fully saturated rings. The van der Waals surface area contributed by atoms with Crippen molar-refractivity contribution in [2.45, 2.75) is 25.3 Å². The second-order valence-electron chi connectivity index (χ2n) is 9.24. The Hall–Kier alpha value is -3.65. The molecule has 34 heavy (non-hydrogen) atoms. The standard InChI is InChI=1S/C26H27N7O/c1-31-17-27-16-24(31)20-10-19-11-21(29-15-23(19)30-14-20)13-25(34)18-4-5-28-26(12-18)33-8-6-32(7-9-33)22-2-3-22/h4-5,10-12,14-17,22H,2-3,6-9,13H2,1H3. The van der Waals surface area contributed by atoms with Crippen molar-refractivity contribution in [1.29, 1.82) is 0 Å². The fourth-order valence-electron chi connectivity index (χ4n) is 4.74. The summed E-state index contributed by atoms with van der Waals surface area (Å²) < 4.78 is 1.96. The second-order valence-corrected chi connectivity index (χ2v) is 9.24. The molecular weight excluding hydrogens is 426 g/mol. The van der Waals surface area contributed by atoms with Crippen LogP contribution in [0.3, 0.4) is 0 Å². The summed E-state index contributed by atoms with van der Waals surface area (Å²) >= 11 is 0. The molecule has 2 aliphatic rings. The SMILES string of the molecule is Cn1cncc1-c1cnc2cnc(CC(=O)c3ccnc(N4CCN(C5CC5)CC4)c3)cc2c1. The first-order chi connectivity index (χ1) is 16.6. The molecule has 8 nitrogen and oxygen atoms in total. The summed E-state index contributed by atoms with van der Waals surface area (Å²) in [7, 11) is 1.96. The smallest absolute Gasteiger partial charge is 0.169 e. The van der Waals surface area contributed by atoms with Gasteiger partial charge in [0.1, 0.15) is 5.82 Å². The highest BCUT2D eigenvalue weighted by Crippen LogP contribution is 2.28. The van der Waals surface area contributed by atoms with Gasteiger partial charge in [-0.3, -0.25) is 19.7 Å². The van der Waals surface area contributed by atoms with Crippen LogP contribution in [-0.2, 0) is 13.5 Å². The quantitative estimate of drug-likeness (QED) is 0.415. The molecule has 0 amide bonds. The van der Waals surface area contributed by atoms with Gasteiger partial charge in [0, 0.05) is 73.9 Å². The third-order valence-corrected chi connectivity index (χ3v) is 6.85. The Bertz CT molecular complexity index is 1350. The van der Waals surface area contributed by atoms with Crippen LogP contribution < -0.4 is 4.90 Å². The molecule has 4 aromatic rings. The lowest BCUT2D eigenvalue weighted by molar-refractivity contribution is 0.0992. The lowest BCUT2D eigenvalue weighted by Gasteiger charge is -2.35. The fraction of sp³-hybridized carbons (Fsp3) is 0.346. The number of carbonyl (C=O) groups is 1. The number of rotatable bonds is 6. The maximum atomic E-state index is 13.1. The van der Waals surface area contributed by atoms with E-state index in [1.807, 2.05) is 36.1 Å². The Kier molecular flexibility index (Phi) is 5.30. The summed E-state index contributed by atoms with van der Waals surface area (Å²) in [5.41, 5.74) is 4.19. The highest BCUT2D eigenvalue weighted by Gasteiger charge is 2.31. The van der Waals surface area contributed by atoms with Gasteiger partial charge in [0.15, 0.2) is 5.78 Å². The van der Waals surface area contributed by atoms with Crippen molar-refractivity contribution in [3.8, 4) is 11.3 Å². The lowest BCUT2D eigenvalue weighted by atomic mass is 10.1. The van der Waals surface area contributed by atoms with Crippen LogP contribution in [0.1, 0.15) is 28.9 Å². The van der Waals surface area contributed by atoms with E-state index in [2.05, 4.69) is 35.8 Å². The van der Waals surface area contributed by atoms with Crippen LogP contribution in [0.4, 0.5) is 5.82 Å². The van der Waals surface area contributed by atoms with Crippen LogP contribution in [0.5, 0.6) is 0 Å². The number of nitrogens with zero attached hydrogens (tertiary/aromatic N) is 7. The molecule has 0 aromatic carbocycles. The Morgan fingerprint density at radius 3 is 2.62 bits per heavy atom. The van der Waals surface area contributed by atoms with Crippen molar-refractivity contribution in [1.82, 2.24) is 29.4 Å². The van der Waals surface area contributed by atoms with E-state index < -0.39 is 0 Å². The molecule has 4 aromatic heterocycles. The summed E-state index contributed by atoms with van der Waals surface area (Å²) in [4.78, 5) is 35.7. The van der Waals surface area contributed by atoms with Gasteiger partial charge in [-0.15, -0.1) is 0 Å². The molecule has 1 aliphatic heterocycles. The maximum Gasteiger partial charge on any atom is 0.169 e. The zero-order valence-corrected chi connectivity index (χ0v) is 19.3. The zero-order chi connectivity index (χ0) is 23.1. The number of aromatic nitrogens is 5. The summed E-state index contributed by atoms with van der Waals surface area (Å²) in [6, 6.07) is 8.56. The number of hydrogen-bond donors (Lipinski definition) is 0. The molecule has 0 N–H and O–H groups in total. The van der Waals surface area contributed by atoms with Crippen molar-refractivity contribution in [3.05, 3.63) is 66.6 Å².